The van der Waals surface area contributed by atoms with E-state index in [9.17, 15) is 0 Å². The van der Waals surface area contributed by atoms with E-state index < -0.39 is 0 Å². The van der Waals surface area contributed by atoms with Gasteiger partial charge in [0.25, 0.3) is 0 Å². The minimum atomic E-state index is 0.110. The zero-order valence-corrected chi connectivity index (χ0v) is 13.2. The van der Waals surface area contributed by atoms with E-state index in [1.807, 2.05) is 6.07 Å². The van der Waals surface area contributed by atoms with Crippen LogP contribution in [0.3, 0.4) is 0 Å². The molecule has 2 atom stereocenters. The number of rotatable bonds is 5. The Labute approximate surface area is 123 Å². The molecule has 0 radical (unpaired) electrons. The number of ether oxygens (including phenoxy) is 1. The number of hydrogen-bond donors (Lipinski definition) is 1. The average molecular weight is 276 g/mol. The maximum Gasteiger partial charge on any atom is 0.119 e. The van der Waals surface area contributed by atoms with Gasteiger partial charge in [0.05, 0.1) is 7.11 Å². The molecule has 3 nitrogen and oxygen atoms in total. The van der Waals surface area contributed by atoms with Crippen LogP contribution in [0.4, 0.5) is 0 Å². The Morgan fingerprint density at radius 2 is 2.15 bits per heavy atom. The molecule has 2 N–H and O–H groups in total. The summed E-state index contributed by atoms with van der Waals surface area (Å²) in [6.45, 7) is 7.90. The van der Waals surface area contributed by atoms with Gasteiger partial charge in [0.15, 0.2) is 0 Å². The number of nitrogens with zero attached hydrogens (tertiary/aromatic N) is 1. The van der Waals surface area contributed by atoms with E-state index in [4.69, 9.17) is 10.5 Å². The molecule has 3 heteroatoms. The predicted molar refractivity (Wildman–Crippen MR) is 84.2 cm³/mol. The van der Waals surface area contributed by atoms with Crippen LogP contribution in [0, 0.1) is 0 Å². The van der Waals surface area contributed by atoms with Crippen molar-refractivity contribution in [1.29, 1.82) is 0 Å². The van der Waals surface area contributed by atoms with Crippen LogP contribution in [0.25, 0.3) is 0 Å². The van der Waals surface area contributed by atoms with E-state index in [2.05, 4.69) is 37.8 Å². The summed E-state index contributed by atoms with van der Waals surface area (Å²) in [6, 6.07) is 7.43. The fourth-order valence-electron chi connectivity index (χ4n) is 3.38. The molecule has 2 rings (SSSR count). The molecule has 0 aromatic heterocycles. The average Bonchev–Trinajstić information content (AvgIpc) is 2.45. The van der Waals surface area contributed by atoms with Gasteiger partial charge in [-0.25, -0.2) is 0 Å². The summed E-state index contributed by atoms with van der Waals surface area (Å²) in [5.41, 5.74) is 9.22. The molecule has 0 amide bonds. The number of fused-ring (bicyclic) bond motifs is 1. The largest absolute Gasteiger partial charge is 0.497 e. The van der Waals surface area contributed by atoms with Gasteiger partial charge in [-0.2, -0.15) is 0 Å². The molecule has 2 unspecified atom stereocenters. The second kappa shape index (κ2) is 6.59. The molecular formula is C17H28N2O. The van der Waals surface area contributed by atoms with Gasteiger partial charge in [-0.1, -0.05) is 13.0 Å². The second-order valence-corrected chi connectivity index (χ2v) is 6.03. The van der Waals surface area contributed by atoms with Gasteiger partial charge in [0, 0.05) is 18.1 Å². The molecular weight excluding hydrogens is 248 g/mol. The number of benzene rings is 1. The van der Waals surface area contributed by atoms with Crippen molar-refractivity contribution in [1.82, 2.24) is 4.90 Å². The highest BCUT2D eigenvalue weighted by Crippen LogP contribution is 2.34. The second-order valence-electron chi connectivity index (χ2n) is 6.03. The molecule has 112 valence electrons. The van der Waals surface area contributed by atoms with Crippen LogP contribution >= 0.6 is 0 Å². The first-order valence-corrected chi connectivity index (χ1v) is 7.76. The third kappa shape index (κ3) is 2.99. The van der Waals surface area contributed by atoms with Gasteiger partial charge in [0.2, 0.25) is 0 Å². The minimum Gasteiger partial charge on any atom is -0.497 e. The van der Waals surface area contributed by atoms with E-state index in [1.54, 1.807) is 7.11 Å². The van der Waals surface area contributed by atoms with Crippen molar-refractivity contribution in [3.63, 3.8) is 0 Å². The Kier molecular flexibility index (Phi) is 5.06. The van der Waals surface area contributed by atoms with Crippen molar-refractivity contribution in [3.8, 4) is 5.75 Å². The Morgan fingerprint density at radius 1 is 1.40 bits per heavy atom. The van der Waals surface area contributed by atoms with Crippen molar-refractivity contribution in [2.75, 3.05) is 13.7 Å². The van der Waals surface area contributed by atoms with Crippen LogP contribution in [-0.2, 0) is 6.42 Å². The Bertz CT molecular complexity index is 445. The van der Waals surface area contributed by atoms with Gasteiger partial charge >= 0.3 is 0 Å². The van der Waals surface area contributed by atoms with Crippen molar-refractivity contribution < 1.29 is 4.74 Å². The minimum absolute atomic E-state index is 0.110. The van der Waals surface area contributed by atoms with Gasteiger partial charge in [0.1, 0.15) is 5.75 Å². The maximum absolute atomic E-state index is 6.57. The summed E-state index contributed by atoms with van der Waals surface area (Å²) in [5.74, 6) is 0.934. The molecule has 1 aromatic rings. The zero-order chi connectivity index (χ0) is 14.7. The van der Waals surface area contributed by atoms with Gasteiger partial charge < -0.3 is 10.5 Å². The summed E-state index contributed by atoms with van der Waals surface area (Å²) in [7, 11) is 1.72. The molecule has 0 fully saturated rings. The van der Waals surface area contributed by atoms with E-state index in [-0.39, 0.29) is 6.04 Å². The number of methoxy groups -OCH3 is 1. The Balaban J connectivity index is 2.24. The monoisotopic (exact) mass is 276 g/mol. The topological polar surface area (TPSA) is 38.5 Å². The van der Waals surface area contributed by atoms with Crippen molar-refractivity contribution in [2.45, 2.75) is 58.2 Å². The van der Waals surface area contributed by atoms with Crippen molar-refractivity contribution >= 4 is 0 Å². The van der Waals surface area contributed by atoms with Crippen LogP contribution in [0.1, 0.15) is 50.8 Å². The van der Waals surface area contributed by atoms with Crippen LogP contribution in [-0.4, -0.2) is 30.6 Å². The highest BCUT2D eigenvalue weighted by molar-refractivity contribution is 5.40. The molecule has 1 aliphatic carbocycles. The molecule has 0 heterocycles. The third-order valence-corrected chi connectivity index (χ3v) is 4.40. The molecule has 0 bridgehead atoms. The third-order valence-electron chi connectivity index (χ3n) is 4.40. The molecule has 0 spiro atoms. The highest BCUT2D eigenvalue weighted by atomic mass is 16.5. The molecule has 20 heavy (non-hydrogen) atoms. The lowest BCUT2D eigenvalue weighted by atomic mass is 9.83. The van der Waals surface area contributed by atoms with Gasteiger partial charge in [-0.15, -0.1) is 0 Å². The first kappa shape index (κ1) is 15.3. The van der Waals surface area contributed by atoms with E-state index in [1.165, 1.54) is 17.5 Å². The summed E-state index contributed by atoms with van der Waals surface area (Å²) >= 11 is 0. The SMILES string of the molecule is CCCN(C(C)C)C1CCc2cc(OC)ccc2C1N. The maximum atomic E-state index is 6.57. The quantitative estimate of drug-likeness (QED) is 0.898. The van der Waals surface area contributed by atoms with Crippen LogP contribution in [0.15, 0.2) is 18.2 Å². The fraction of sp³-hybridized carbons (Fsp3) is 0.647. The summed E-state index contributed by atoms with van der Waals surface area (Å²) in [5, 5.41) is 0. The number of nitrogens with two attached hydrogens (primary N) is 1. The molecule has 0 saturated heterocycles. The van der Waals surface area contributed by atoms with Gasteiger partial charge in [-0.3, -0.25) is 4.90 Å². The standard InChI is InChI=1S/C17H28N2O/c1-5-10-19(12(2)3)16-9-6-13-11-14(20-4)7-8-15(13)17(16)18/h7-8,11-12,16-17H,5-6,9-10,18H2,1-4H3. The zero-order valence-electron chi connectivity index (χ0n) is 13.2. The summed E-state index contributed by atoms with van der Waals surface area (Å²) in [4.78, 5) is 2.57. The first-order chi connectivity index (χ1) is 9.58. The summed E-state index contributed by atoms with van der Waals surface area (Å²) < 4.78 is 5.32. The smallest absolute Gasteiger partial charge is 0.119 e. The normalized spacial score (nSPS) is 22.1. The lowest BCUT2D eigenvalue weighted by molar-refractivity contribution is 0.119. The van der Waals surface area contributed by atoms with E-state index >= 15 is 0 Å². The first-order valence-electron chi connectivity index (χ1n) is 7.76. The van der Waals surface area contributed by atoms with Crippen LogP contribution < -0.4 is 10.5 Å². The van der Waals surface area contributed by atoms with Gasteiger partial charge in [-0.05, 0) is 62.9 Å². The molecule has 0 saturated carbocycles. The van der Waals surface area contributed by atoms with Crippen molar-refractivity contribution in [3.05, 3.63) is 29.3 Å². The number of hydrogen-bond acceptors (Lipinski definition) is 3. The lowest BCUT2D eigenvalue weighted by Gasteiger charge is -2.41. The molecule has 1 aliphatic rings. The lowest BCUT2D eigenvalue weighted by Crippen LogP contribution is -2.48. The van der Waals surface area contributed by atoms with E-state index in [0.29, 0.717) is 12.1 Å². The highest BCUT2D eigenvalue weighted by Gasteiger charge is 2.32. The van der Waals surface area contributed by atoms with Crippen LogP contribution in [0.5, 0.6) is 5.75 Å². The predicted octanol–water partition coefficient (Wildman–Crippen LogP) is 3.13. The number of aryl methyl sites for hydroxylation is 1. The fourth-order valence-corrected chi connectivity index (χ4v) is 3.38. The Hall–Kier alpha value is -1.06. The summed E-state index contributed by atoms with van der Waals surface area (Å²) in [6.07, 6.45) is 3.41. The van der Waals surface area contributed by atoms with Crippen molar-refractivity contribution in [2.24, 2.45) is 5.73 Å². The molecule has 1 aromatic carbocycles. The van der Waals surface area contributed by atoms with Crippen LogP contribution in [0.2, 0.25) is 0 Å². The molecule has 0 aliphatic heterocycles. The Morgan fingerprint density at radius 3 is 2.75 bits per heavy atom. The van der Waals surface area contributed by atoms with E-state index in [0.717, 1.165) is 25.1 Å².